The van der Waals surface area contributed by atoms with Gasteiger partial charge in [0, 0.05) is 25.8 Å². The molecule has 1 aromatic carbocycles. The molecule has 1 saturated heterocycles. The van der Waals surface area contributed by atoms with E-state index < -0.39 is 0 Å². The molecule has 6 nitrogen and oxygen atoms in total. The van der Waals surface area contributed by atoms with Gasteiger partial charge in [0.25, 0.3) is 0 Å². The van der Waals surface area contributed by atoms with Crippen LogP contribution in [0.1, 0.15) is 40.3 Å². The van der Waals surface area contributed by atoms with Crippen LogP contribution >= 0.6 is 0 Å². The highest BCUT2D eigenvalue weighted by Gasteiger charge is 2.34. The molecule has 1 aromatic heterocycles. The minimum absolute atomic E-state index is 0.127. The normalized spacial score (nSPS) is 23.2. The van der Waals surface area contributed by atoms with Gasteiger partial charge >= 0.3 is 0 Å². The second-order valence-electron chi connectivity index (χ2n) is 7.23. The van der Waals surface area contributed by atoms with Crippen LogP contribution in [0, 0.1) is 6.92 Å². The van der Waals surface area contributed by atoms with Gasteiger partial charge < -0.3 is 18.6 Å². The lowest BCUT2D eigenvalue weighted by Gasteiger charge is -2.31. The number of Topliss-reactive ketones (excluding diaryl/α,β-unsaturated/α-hetero) is 1. The van der Waals surface area contributed by atoms with Gasteiger partial charge in [0.1, 0.15) is 29.8 Å². The van der Waals surface area contributed by atoms with Crippen molar-refractivity contribution in [3.63, 3.8) is 0 Å². The summed E-state index contributed by atoms with van der Waals surface area (Å²) in [5.41, 5.74) is 1.50. The quantitative estimate of drug-likeness (QED) is 0.774. The third kappa shape index (κ3) is 3.05. The average molecular weight is 367 g/mol. The molecular weight excluding hydrogens is 346 g/mol. The molecule has 0 bridgehead atoms. The fourth-order valence-electron chi connectivity index (χ4n) is 3.86. The van der Waals surface area contributed by atoms with E-state index in [1.54, 1.807) is 12.1 Å². The first kappa shape index (κ1) is 16.6. The molecule has 3 aliphatic rings. The van der Waals surface area contributed by atoms with Crippen LogP contribution in [0.15, 0.2) is 34.4 Å². The van der Waals surface area contributed by atoms with Gasteiger partial charge in [-0.1, -0.05) is 0 Å². The van der Waals surface area contributed by atoms with E-state index in [1.807, 2.05) is 25.1 Å². The molecule has 0 spiro atoms. The van der Waals surface area contributed by atoms with E-state index in [2.05, 4.69) is 4.90 Å². The zero-order valence-electron chi connectivity index (χ0n) is 15.2. The first-order valence-corrected chi connectivity index (χ1v) is 9.31. The van der Waals surface area contributed by atoms with Crippen molar-refractivity contribution in [2.24, 2.45) is 0 Å². The first-order chi connectivity index (χ1) is 13.2. The zero-order valence-corrected chi connectivity index (χ0v) is 15.2. The van der Waals surface area contributed by atoms with Gasteiger partial charge in [-0.3, -0.25) is 9.69 Å². The highest BCUT2D eigenvalue weighted by atomic mass is 16.5. The lowest BCUT2D eigenvalue weighted by Crippen LogP contribution is -2.37. The van der Waals surface area contributed by atoms with E-state index >= 15 is 0 Å². The molecule has 2 aromatic rings. The van der Waals surface area contributed by atoms with Crippen molar-refractivity contribution in [1.29, 1.82) is 0 Å². The SMILES string of the molecule is Cc1ccc(C=C2Oc3c(ccc4c3CN(CC3CCCO3)CO4)C2=O)o1. The lowest BCUT2D eigenvalue weighted by atomic mass is 10.0. The Morgan fingerprint density at radius 1 is 1.26 bits per heavy atom. The second kappa shape index (κ2) is 6.55. The van der Waals surface area contributed by atoms with Crippen LogP contribution in [0.25, 0.3) is 6.08 Å². The summed E-state index contributed by atoms with van der Waals surface area (Å²) in [6, 6.07) is 7.32. The minimum atomic E-state index is -0.127. The number of nitrogens with zero attached hydrogens (tertiary/aromatic N) is 1. The Labute approximate surface area is 157 Å². The van der Waals surface area contributed by atoms with Gasteiger partial charge in [-0.25, -0.2) is 0 Å². The van der Waals surface area contributed by atoms with E-state index in [9.17, 15) is 4.79 Å². The maximum atomic E-state index is 12.7. The lowest BCUT2D eigenvalue weighted by molar-refractivity contribution is 0.0274. The summed E-state index contributed by atoms with van der Waals surface area (Å²) >= 11 is 0. The number of carbonyl (C=O) groups excluding carboxylic acids is 1. The van der Waals surface area contributed by atoms with Crippen LogP contribution in [-0.2, 0) is 11.3 Å². The first-order valence-electron chi connectivity index (χ1n) is 9.31. The maximum absolute atomic E-state index is 12.7. The molecule has 1 atom stereocenters. The van der Waals surface area contributed by atoms with Crippen molar-refractivity contribution in [3.8, 4) is 11.5 Å². The van der Waals surface area contributed by atoms with E-state index in [4.69, 9.17) is 18.6 Å². The number of fused-ring (bicyclic) bond motifs is 3. The Bertz CT molecular complexity index is 923. The van der Waals surface area contributed by atoms with Crippen LogP contribution in [0.2, 0.25) is 0 Å². The molecule has 0 saturated carbocycles. The molecular formula is C21H21NO5. The van der Waals surface area contributed by atoms with Crippen molar-refractivity contribution in [1.82, 2.24) is 4.90 Å². The third-order valence-electron chi connectivity index (χ3n) is 5.20. The number of ether oxygens (including phenoxy) is 3. The van der Waals surface area contributed by atoms with Crippen molar-refractivity contribution < 1.29 is 23.4 Å². The van der Waals surface area contributed by atoms with Gasteiger partial charge in [0.2, 0.25) is 5.78 Å². The Kier molecular flexibility index (Phi) is 4.02. The summed E-state index contributed by atoms with van der Waals surface area (Å²) in [5, 5.41) is 0. The molecule has 5 rings (SSSR count). The van der Waals surface area contributed by atoms with Crippen LogP contribution < -0.4 is 9.47 Å². The molecule has 0 amide bonds. The summed E-state index contributed by atoms with van der Waals surface area (Å²) in [5.74, 6) is 2.93. The molecule has 0 aliphatic carbocycles. The Balaban J connectivity index is 1.41. The number of aryl methyl sites for hydroxylation is 1. The maximum Gasteiger partial charge on any atom is 0.232 e. The Morgan fingerprint density at radius 3 is 2.96 bits per heavy atom. The number of hydrogen-bond donors (Lipinski definition) is 0. The average Bonchev–Trinajstić information content (AvgIpc) is 3.38. The van der Waals surface area contributed by atoms with E-state index in [0.717, 1.165) is 43.1 Å². The van der Waals surface area contributed by atoms with Gasteiger partial charge in [-0.15, -0.1) is 0 Å². The predicted molar refractivity (Wildman–Crippen MR) is 97.7 cm³/mol. The number of benzene rings is 1. The summed E-state index contributed by atoms with van der Waals surface area (Å²) in [6.45, 7) is 4.73. The monoisotopic (exact) mass is 367 g/mol. The second-order valence-corrected chi connectivity index (χ2v) is 7.23. The van der Waals surface area contributed by atoms with Gasteiger partial charge in [-0.05, 0) is 44.0 Å². The Morgan fingerprint density at radius 2 is 2.19 bits per heavy atom. The number of furan rings is 1. The van der Waals surface area contributed by atoms with Gasteiger partial charge in [0.15, 0.2) is 5.76 Å². The fourth-order valence-corrected chi connectivity index (χ4v) is 3.86. The van der Waals surface area contributed by atoms with Crippen molar-refractivity contribution in [2.75, 3.05) is 19.9 Å². The summed E-state index contributed by atoms with van der Waals surface area (Å²) in [7, 11) is 0. The number of carbonyl (C=O) groups is 1. The molecule has 0 N–H and O–H groups in total. The zero-order chi connectivity index (χ0) is 18.4. The molecule has 140 valence electrons. The molecule has 1 fully saturated rings. The fraction of sp³-hybridized carbons (Fsp3) is 0.381. The van der Waals surface area contributed by atoms with E-state index in [0.29, 0.717) is 30.3 Å². The summed E-state index contributed by atoms with van der Waals surface area (Å²) in [6.07, 6.45) is 4.10. The molecule has 6 heteroatoms. The number of rotatable bonds is 3. The van der Waals surface area contributed by atoms with E-state index in [-0.39, 0.29) is 17.6 Å². The minimum Gasteiger partial charge on any atom is -0.478 e. The highest BCUT2D eigenvalue weighted by Crippen LogP contribution is 2.42. The largest absolute Gasteiger partial charge is 0.478 e. The number of allylic oxidation sites excluding steroid dienone is 1. The predicted octanol–water partition coefficient (Wildman–Crippen LogP) is 3.54. The van der Waals surface area contributed by atoms with Gasteiger partial charge in [-0.2, -0.15) is 0 Å². The highest BCUT2D eigenvalue weighted by molar-refractivity contribution is 6.14. The van der Waals surface area contributed by atoms with Crippen LogP contribution in [0.3, 0.4) is 0 Å². The van der Waals surface area contributed by atoms with Gasteiger partial charge in [0.05, 0.1) is 17.2 Å². The number of ketones is 1. The summed E-state index contributed by atoms with van der Waals surface area (Å²) < 4.78 is 23.1. The smallest absolute Gasteiger partial charge is 0.232 e. The topological polar surface area (TPSA) is 61.1 Å². The van der Waals surface area contributed by atoms with Crippen LogP contribution in [0.4, 0.5) is 0 Å². The summed E-state index contributed by atoms with van der Waals surface area (Å²) in [4.78, 5) is 14.9. The van der Waals surface area contributed by atoms with Crippen molar-refractivity contribution in [2.45, 2.75) is 32.4 Å². The van der Waals surface area contributed by atoms with Crippen LogP contribution in [0.5, 0.6) is 11.5 Å². The van der Waals surface area contributed by atoms with E-state index in [1.165, 1.54) is 0 Å². The molecule has 0 radical (unpaired) electrons. The van der Waals surface area contributed by atoms with Crippen molar-refractivity contribution in [3.05, 3.63) is 52.7 Å². The third-order valence-corrected chi connectivity index (χ3v) is 5.20. The molecule has 1 unspecified atom stereocenters. The van der Waals surface area contributed by atoms with Crippen molar-refractivity contribution >= 4 is 11.9 Å². The molecule has 3 aliphatic heterocycles. The standard InChI is InChI=1S/C21H21NO5/c1-13-4-5-14(26-13)9-19-20(23)16-6-7-18-17(21(16)27-19)11-22(12-25-18)10-15-3-2-8-24-15/h4-7,9,15H,2-3,8,10-12H2,1H3. The Hall–Kier alpha value is -2.57. The van der Waals surface area contributed by atoms with Crippen LogP contribution in [-0.4, -0.2) is 36.7 Å². The molecule has 27 heavy (non-hydrogen) atoms. The molecule has 4 heterocycles. The number of hydrogen-bond acceptors (Lipinski definition) is 6.